The van der Waals surface area contributed by atoms with Crippen LogP contribution in [-0.4, -0.2) is 53.7 Å². The van der Waals surface area contributed by atoms with Gasteiger partial charge in [-0.2, -0.15) is 0 Å². The standard InChI is InChI=1S/C11H24N6S/c1-9(2)7-17(6-5-16(3)4)8-10-14-15-11(13-12)18-10/h9H,5-8,12H2,1-4H3,(H,13,15). The second-order valence-electron chi connectivity index (χ2n) is 5.08. The number of nitrogens with two attached hydrogens (primary N) is 1. The van der Waals surface area contributed by atoms with E-state index < -0.39 is 0 Å². The molecule has 0 atom stereocenters. The van der Waals surface area contributed by atoms with Crippen LogP contribution in [0.2, 0.25) is 0 Å². The third-order valence-electron chi connectivity index (χ3n) is 2.44. The van der Waals surface area contributed by atoms with E-state index >= 15 is 0 Å². The first-order valence-electron chi connectivity index (χ1n) is 6.17. The number of anilines is 1. The Morgan fingerprint density at radius 3 is 2.50 bits per heavy atom. The predicted octanol–water partition coefficient (Wildman–Crippen LogP) is 0.843. The zero-order chi connectivity index (χ0) is 13.5. The van der Waals surface area contributed by atoms with Crippen molar-refractivity contribution in [1.82, 2.24) is 20.0 Å². The Morgan fingerprint density at radius 1 is 1.28 bits per heavy atom. The maximum absolute atomic E-state index is 5.31. The highest BCUT2D eigenvalue weighted by molar-refractivity contribution is 7.15. The summed E-state index contributed by atoms with van der Waals surface area (Å²) in [4.78, 5) is 4.60. The maximum Gasteiger partial charge on any atom is 0.219 e. The number of nitrogens with zero attached hydrogens (tertiary/aromatic N) is 4. The normalized spacial score (nSPS) is 11.8. The lowest BCUT2D eigenvalue weighted by molar-refractivity contribution is 0.211. The van der Waals surface area contributed by atoms with E-state index in [1.54, 1.807) is 0 Å². The van der Waals surface area contributed by atoms with Gasteiger partial charge in [-0.3, -0.25) is 10.3 Å². The first kappa shape index (κ1) is 15.3. The van der Waals surface area contributed by atoms with E-state index in [1.807, 2.05) is 0 Å². The summed E-state index contributed by atoms with van der Waals surface area (Å²) in [5.41, 5.74) is 2.53. The van der Waals surface area contributed by atoms with Gasteiger partial charge in [0.05, 0.1) is 6.54 Å². The van der Waals surface area contributed by atoms with Gasteiger partial charge < -0.3 is 4.90 Å². The number of hydrogen-bond acceptors (Lipinski definition) is 7. The summed E-state index contributed by atoms with van der Waals surface area (Å²) in [7, 11) is 4.18. The minimum absolute atomic E-state index is 0.646. The van der Waals surface area contributed by atoms with Crippen LogP contribution in [0.3, 0.4) is 0 Å². The van der Waals surface area contributed by atoms with Crippen molar-refractivity contribution in [2.24, 2.45) is 11.8 Å². The molecule has 1 heterocycles. The van der Waals surface area contributed by atoms with Crippen LogP contribution in [0.25, 0.3) is 0 Å². The van der Waals surface area contributed by atoms with Gasteiger partial charge in [0.2, 0.25) is 5.13 Å². The molecule has 3 N–H and O–H groups in total. The Hall–Kier alpha value is -0.760. The molecule has 1 rings (SSSR count). The molecule has 0 bridgehead atoms. The maximum atomic E-state index is 5.31. The highest BCUT2D eigenvalue weighted by atomic mass is 32.1. The topological polar surface area (TPSA) is 70.3 Å². The molecule has 1 aromatic rings. The Labute approximate surface area is 113 Å². The molecule has 0 radical (unpaired) electrons. The molecule has 0 aliphatic heterocycles. The zero-order valence-electron chi connectivity index (χ0n) is 11.7. The summed E-state index contributed by atoms with van der Waals surface area (Å²) in [6.07, 6.45) is 0. The molecule has 0 fully saturated rings. The van der Waals surface area contributed by atoms with Crippen LogP contribution in [0.4, 0.5) is 5.13 Å². The van der Waals surface area contributed by atoms with Crippen LogP contribution in [0.1, 0.15) is 18.9 Å². The molecule has 0 aromatic carbocycles. The van der Waals surface area contributed by atoms with Crippen LogP contribution in [0.5, 0.6) is 0 Å². The van der Waals surface area contributed by atoms with Crippen LogP contribution in [0.15, 0.2) is 0 Å². The fraction of sp³-hybridized carbons (Fsp3) is 0.818. The number of hydrazine groups is 1. The number of hydrogen-bond donors (Lipinski definition) is 2. The number of aromatic nitrogens is 2. The molecule has 0 spiro atoms. The van der Waals surface area contributed by atoms with Crippen LogP contribution >= 0.6 is 11.3 Å². The van der Waals surface area contributed by atoms with E-state index in [2.05, 4.69) is 53.4 Å². The Morgan fingerprint density at radius 2 is 2.00 bits per heavy atom. The van der Waals surface area contributed by atoms with E-state index in [0.717, 1.165) is 31.2 Å². The van der Waals surface area contributed by atoms with Gasteiger partial charge in [-0.15, -0.1) is 10.2 Å². The molecular formula is C11H24N6S. The van der Waals surface area contributed by atoms with Gasteiger partial charge in [0, 0.05) is 19.6 Å². The molecular weight excluding hydrogens is 248 g/mol. The van der Waals surface area contributed by atoms with Gasteiger partial charge >= 0.3 is 0 Å². The summed E-state index contributed by atoms with van der Waals surface area (Å²) >= 11 is 1.51. The third kappa shape index (κ3) is 5.72. The first-order chi connectivity index (χ1) is 8.51. The van der Waals surface area contributed by atoms with Crippen molar-refractivity contribution in [3.8, 4) is 0 Å². The second-order valence-corrected chi connectivity index (χ2v) is 6.14. The van der Waals surface area contributed by atoms with E-state index in [4.69, 9.17) is 5.84 Å². The highest BCUT2D eigenvalue weighted by Crippen LogP contribution is 2.16. The predicted molar refractivity (Wildman–Crippen MR) is 76.4 cm³/mol. The molecule has 104 valence electrons. The second kappa shape index (κ2) is 7.63. The average Bonchev–Trinajstić information content (AvgIpc) is 2.73. The molecule has 7 heteroatoms. The molecule has 0 amide bonds. The van der Waals surface area contributed by atoms with E-state index in [0.29, 0.717) is 11.0 Å². The minimum atomic E-state index is 0.646. The fourth-order valence-electron chi connectivity index (χ4n) is 1.66. The van der Waals surface area contributed by atoms with E-state index in [-0.39, 0.29) is 0 Å². The summed E-state index contributed by atoms with van der Waals surface area (Å²) in [6.45, 7) is 8.46. The summed E-state index contributed by atoms with van der Waals surface area (Å²) < 4.78 is 0. The fourth-order valence-corrected chi connectivity index (χ4v) is 2.35. The van der Waals surface area contributed by atoms with Crippen molar-refractivity contribution in [3.63, 3.8) is 0 Å². The van der Waals surface area contributed by atoms with Crippen molar-refractivity contribution in [2.75, 3.05) is 39.2 Å². The van der Waals surface area contributed by atoms with Crippen molar-refractivity contribution < 1.29 is 0 Å². The average molecular weight is 272 g/mol. The monoisotopic (exact) mass is 272 g/mol. The van der Waals surface area contributed by atoms with Gasteiger partial charge in [-0.1, -0.05) is 25.2 Å². The Bertz CT molecular complexity index is 338. The molecule has 0 saturated carbocycles. The number of nitrogens with one attached hydrogen (secondary N) is 1. The van der Waals surface area contributed by atoms with Crippen LogP contribution in [-0.2, 0) is 6.54 Å². The molecule has 0 saturated heterocycles. The lowest BCUT2D eigenvalue weighted by atomic mass is 10.2. The summed E-state index contributed by atoms with van der Waals surface area (Å²) in [5.74, 6) is 5.96. The van der Waals surface area contributed by atoms with Gasteiger partial charge in [0.1, 0.15) is 5.01 Å². The summed E-state index contributed by atoms with van der Waals surface area (Å²) in [6, 6.07) is 0. The SMILES string of the molecule is CC(C)CN(CCN(C)C)Cc1nnc(NN)s1. The molecule has 0 unspecified atom stereocenters. The minimum Gasteiger partial charge on any atom is -0.308 e. The van der Waals surface area contributed by atoms with Gasteiger partial charge in [-0.05, 0) is 20.0 Å². The molecule has 18 heavy (non-hydrogen) atoms. The first-order valence-corrected chi connectivity index (χ1v) is 6.99. The van der Waals surface area contributed by atoms with Crippen LogP contribution < -0.4 is 11.3 Å². The van der Waals surface area contributed by atoms with Gasteiger partial charge in [0.25, 0.3) is 0 Å². The molecule has 0 aliphatic carbocycles. The lowest BCUT2D eigenvalue weighted by Gasteiger charge is -2.24. The third-order valence-corrected chi connectivity index (χ3v) is 3.28. The number of likely N-dealkylation sites (N-methyl/N-ethyl adjacent to an activating group) is 1. The Kier molecular flexibility index (Phi) is 6.48. The van der Waals surface area contributed by atoms with Crippen molar-refractivity contribution in [2.45, 2.75) is 20.4 Å². The summed E-state index contributed by atoms with van der Waals surface area (Å²) in [5, 5.41) is 9.76. The molecule has 1 aromatic heterocycles. The number of nitrogen functional groups attached to an aromatic ring is 1. The Balaban J connectivity index is 2.53. The van der Waals surface area contributed by atoms with Crippen molar-refractivity contribution in [1.29, 1.82) is 0 Å². The quantitative estimate of drug-likeness (QED) is 0.540. The zero-order valence-corrected chi connectivity index (χ0v) is 12.5. The van der Waals surface area contributed by atoms with Gasteiger partial charge in [-0.25, -0.2) is 5.84 Å². The van der Waals surface area contributed by atoms with Crippen LogP contribution in [0, 0.1) is 5.92 Å². The number of rotatable bonds is 8. The van der Waals surface area contributed by atoms with E-state index in [1.165, 1.54) is 11.3 Å². The molecule has 0 aliphatic rings. The lowest BCUT2D eigenvalue weighted by Crippen LogP contribution is -2.33. The highest BCUT2D eigenvalue weighted by Gasteiger charge is 2.12. The van der Waals surface area contributed by atoms with Gasteiger partial charge in [0.15, 0.2) is 0 Å². The van der Waals surface area contributed by atoms with Crippen molar-refractivity contribution in [3.05, 3.63) is 5.01 Å². The van der Waals surface area contributed by atoms with Crippen molar-refractivity contribution >= 4 is 16.5 Å². The largest absolute Gasteiger partial charge is 0.308 e. The molecule has 6 nitrogen and oxygen atoms in total. The van der Waals surface area contributed by atoms with E-state index in [9.17, 15) is 0 Å². The smallest absolute Gasteiger partial charge is 0.219 e.